The van der Waals surface area contributed by atoms with Gasteiger partial charge >= 0.3 is 0 Å². The third kappa shape index (κ3) is 5.25. The summed E-state index contributed by atoms with van der Waals surface area (Å²) in [6.07, 6.45) is 4.83. The molecule has 0 aliphatic carbocycles. The van der Waals surface area contributed by atoms with Crippen molar-refractivity contribution in [2.24, 2.45) is 0 Å². The molecule has 2 aromatic rings. The Kier molecular flexibility index (Phi) is 6.87. The van der Waals surface area contributed by atoms with Gasteiger partial charge in [-0.15, -0.1) is 0 Å². The number of piperidine rings is 1. The van der Waals surface area contributed by atoms with Gasteiger partial charge in [0.2, 0.25) is 0 Å². The van der Waals surface area contributed by atoms with Crippen LogP contribution in [-0.2, 0) is 11.3 Å². The number of hydrogen-bond acceptors (Lipinski definition) is 4. The number of carbonyl (C=O) groups is 2. The van der Waals surface area contributed by atoms with E-state index in [0.29, 0.717) is 30.4 Å². The van der Waals surface area contributed by atoms with Crippen LogP contribution in [0.5, 0.6) is 5.75 Å². The summed E-state index contributed by atoms with van der Waals surface area (Å²) < 4.78 is 5.51. The zero-order chi connectivity index (χ0) is 21.6. The van der Waals surface area contributed by atoms with Crippen molar-refractivity contribution in [3.05, 3.63) is 59.7 Å². The zero-order valence-corrected chi connectivity index (χ0v) is 18.2. The number of likely N-dealkylation sites (tertiary alicyclic amines) is 1. The number of nitrogens with zero attached hydrogens (tertiary/aromatic N) is 2. The van der Waals surface area contributed by atoms with Gasteiger partial charge in [0, 0.05) is 24.7 Å². The number of ether oxygens (including phenoxy) is 1. The molecule has 6 heteroatoms. The summed E-state index contributed by atoms with van der Waals surface area (Å²) in [5.41, 5.74) is 2.30. The van der Waals surface area contributed by atoms with Crippen molar-refractivity contribution in [1.82, 2.24) is 10.2 Å². The van der Waals surface area contributed by atoms with Crippen LogP contribution in [0.4, 0.5) is 5.69 Å². The van der Waals surface area contributed by atoms with Gasteiger partial charge in [-0.05, 0) is 62.6 Å². The highest BCUT2D eigenvalue weighted by molar-refractivity contribution is 5.98. The summed E-state index contributed by atoms with van der Waals surface area (Å²) in [4.78, 5) is 29.3. The molecule has 4 rings (SSSR count). The first kappa shape index (κ1) is 21.4. The molecule has 31 heavy (non-hydrogen) atoms. The van der Waals surface area contributed by atoms with Crippen molar-refractivity contribution >= 4 is 17.5 Å². The summed E-state index contributed by atoms with van der Waals surface area (Å²) in [5, 5.41) is 3.04. The molecule has 1 fully saturated rings. The van der Waals surface area contributed by atoms with Crippen LogP contribution < -0.4 is 15.0 Å². The Bertz CT molecular complexity index is 930. The molecule has 164 valence electrons. The number of hydrogen-bond donors (Lipinski definition) is 1. The molecule has 6 nitrogen and oxygen atoms in total. The number of rotatable bonds is 7. The van der Waals surface area contributed by atoms with Gasteiger partial charge in [-0.2, -0.15) is 0 Å². The Morgan fingerprint density at radius 3 is 2.90 bits per heavy atom. The van der Waals surface area contributed by atoms with Crippen molar-refractivity contribution in [3.63, 3.8) is 0 Å². The van der Waals surface area contributed by atoms with Crippen molar-refractivity contribution in [3.8, 4) is 5.75 Å². The third-order valence-corrected chi connectivity index (χ3v) is 6.19. The maximum absolute atomic E-state index is 12.6. The summed E-state index contributed by atoms with van der Waals surface area (Å²) in [5.74, 6) is 0.557. The minimum Gasteiger partial charge on any atom is -0.482 e. The van der Waals surface area contributed by atoms with Crippen LogP contribution in [0.3, 0.4) is 0 Å². The lowest BCUT2D eigenvalue weighted by atomic mass is 10.0. The lowest BCUT2D eigenvalue weighted by Gasteiger charge is -2.33. The van der Waals surface area contributed by atoms with Gasteiger partial charge in [-0.3, -0.25) is 9.59 Å². The molecule has 0 saturated carbocycles. The van der Waals surface area contributed by atoms with Crippen LogP contribution in [-0.4, -0.2) is 49.0 Å². The summed E-state index contributed by atoms with van der Waals surface area (Å²) >= 11 is 0. The molecular formula is C25H31N3O3. The number of fused-ring (bicyclic) bond motifs is 1. The van der Waals surface area contributed by atoms with Crippen LogP contribution in [0.25, 0.3) is 0 Å². The molecule has 2 amide bonds. The molecule has 0 bridgehead atoms. The van der Waals surface area contributed by atoms with E-state index in [9.17, 15) is 9.59 Å². The summed E-state index contributed by atoms with van der Waals surface area (Å²) in [6, 6.07) is 15.7. The number of nitrogens with one attached hydrogen (secondary N) is 1. The zero-order valence-electron chi connectivity index (χ0n) is 18.2. The molecule has 0 radical (unpaired) electrons. The van der Waals surface area contributed by atoms with E-state index in [4.69, 9.17) is 4.74 Å². The molecule has 2 aliphatic rings. The normalized spacial score (nSPS) is 18.9. The first-order valence-corrected chi connectivity index (χ1v) is 11.3. The smallest absolute Gasteiger partial charge is 0.265 e. The Morgan fingerprint density at radius 1 is 1.16 bits per heavy atom. The van der Waals surface area contributed by atoms with Crippen molar-refractivity contribution in [2.45, 2.75) is 45.2 Å². The Morgan fingerprint density at radius 2 is 2.03 bits per heavy atom. The highest BCUT2D eigenvalue weighted by atomic mass is 16.5. The van der Waals surface area contributed by atoms with Gasteiger partial charge in [-0.25, -0.2) is 0 Å². The fraction of sp³-hybridized carbons (Fsp3) is 0.440. The van der Waals surface area contributed by atoms with E-state index in [2.05, 4.69) is 17.1 Å². The summed E-state index contributed by atoms with van der Waals surface area (Å²) in [7, 11) is 0. The highest BCUT2D eigenvalue weighted by Crippen LogP contribution is 2.32. The average Bonchev–Trinajstić information content (AvgIpc) is 2.80. The molecule has 2 aromatic carbocycles. The maximum atomic E-state index is 12.6. The molecule has 0 aromatic heterocycles. The number of carbonyl (C=O) groups excluding carboxylic acids is 2. The Labute approximate surface area is 184 Å². The maximum Gasteiger partial charge on any atom is 0.265 e. The van der Waals surface area contributed by atoms with Crippen LogP contribution in [0.15, 0.2) is 48.5 Å². The first-order chi connectivity index (χ1) is 15.1. The van der Waals surface area contributed by atoms with Crippen LogP contribution >= 0.6 is 0 Å². The van der Waals surface area contributed by atoms with Gasteiger partial charge in [0.1, 0.15) is 5.75 Å². The predicted molar refractivity (Wildman–Crippen MR) is 121 cm³/mol. The fourth-order valence-electron chi connectivity index (χ4n) is 4.40. The van der Waals surface area contributed by atoms with Gasteiger partial charge in [-0.1, -0.05) is 30.7 Å². The van der Waals surface area contributed by atoms with Gasteiger partial charge < -0.3 is 19.9 Å². The molecule has 1 N–H and O–H groups in total. The van der Waals surface area contributed by atoms with E-state index >= 15 is 0 Å². The monoisotopic (exact) mass is 421 g/mol. The third-order valence-electron chi connectivity index (χ3n) is 6.19. The predicted octanol–water partition coefficient (Wildman–Crippen LogP) is 3.61. The lowest BCUT2D eigenvalue weighted by molar-refractivity contribution is -0.121. The van der Waals surface area contributed by atoms with E-state index in [1.165, 1.54) is 25.8 Å². The second kappa shape index (κ2) is 9.96. The topological polar surface area (TPSA) is 61.9 Å². The van der Waals surface area contributed by atoms with E-state index in [0.717, 1.165) is 24.2 Å². The van der Waals surface area contributed by atoms with Crippen molar-refractivity contribution in [2.75, 3.05) is 31.1 Å². The fourth-order valence-corrected chi connectivity index (χ4v) is 4.40. The second-order valence-corrected chi connectivity index (χ2v) is 8.43. The van der Waals surface area contributed by atoms with Crippen LogP contribution in [0.2, 0.25) is 0 Å². The Hall–Kier alpha value is -2.86. The molecule has 0 spiro atoms. The average molecular weight is 422 g/mol. The molecule has 1 saturated heterocycles. The number of amides is 2. The number of benzene rings is 2. The lowest BCUT2D eigenvalue weighted by Crippen LogP contribution is -2.39. The van der Waals surface area contributed by atoms with Gasteiger partial charge in [0.25, 0.3) is 11.8 Å². The molecule has 0 unspecified atom stereocenters. The quantitative estimate of drug-likeness (QED) is 0.694. The van der Waals surface area contributed by atoms with Gasteiger partial charge in [0.05, 0.1) is 12.2 Å². The standard InChI is InChI=1S/C25H31N3O3/c1-19-8-4-5-14-27(19)15-7-13-26-25(30)21-10-6-9-20(16-21)17-28-22-11-2-3-12-23(22)31-18-24(28)29/h2-3,6,9-12,16,19H,4-5,7-8,13-15,17-18H2,1H3,(H,26,30)/t19-/m0/s1. The van der Waals surface area contributed by atoms with Crippen LogP contribution in [0, 0.1) is 0 Å². The minimum atomic E-state index is -0.0829. The van der Waals surface area contributed by atoms with Crippen molar-refractivity contribution < 1.29 is 14.3 Å². The van der Waals surface area contributed by atoms with Gasteiger partial charge in [0.15, 0.2) is 6.61 Å². The number of anilines is 1. The van der Waals surface area contributed by atoms with E-state index < -0.39 is 0 Å². The highest BCUT2D eigenvalue weighted by Gasteiger charge is 2.25. The van der Waals surface area contributed by atoms with E-state index in [1.807, 2.05) is 48.5 Å². The van der Waals surface area contributed by atoms with Crippen molar-refractivity contribution in [1.29, 1.82) is 0 Å². The summed E-state index contributed by atoms with van der Waals surface area (Å²) in [6.45, 7) is 5.60. The molecular weight excluding hydrogens is 390 g/mol. The molecule has 2 aliphatic heterocycles. The minimum absolute atomic E-state index is 0.0345. The number of para-hydroxylation sites is 2. The molecule has 2 heterocycles. The van der Waals surface area contributed by atoms with E-state index in [-0.39, 0.29) is 18.4 Å². The first-order valence-electron chi connectivity index (χ1n) is 11.3. The largest absolute Gasteiger partial charge is 0.482 e. The van der Waals surface area contributed by atoms with E-state index in [1.54, 1.807) is 4.90 Å². The molecule has 1 atom stereocenters. The van der Waals surface area contributed by atoms with Crippen LogP contribution in [0.1, 0.15) is 48.5 Å². The SMILES string of the molecule is C[C@H]1CCCCN1CCCNC(=O)c1cccc(CN2C(=O)COc3ccccc32)c1. The Balaban J connectivity index is 1.33. The second-order valence-electron chi connectivity index (χ2n) is 8.43.